The number of aromatic nitrogens is 1. The van der Waals surface area contributed by atoms with E-state index in [0.717, 1.165) is 17.2 Å². The maximum atomic E-state index is 7.32. The van der Waals surface area contributed by atoms with E-state index in [0.29, 0.717) is 0 Å². The summed E-state index contributed by atoms with van der Waals surface area (Å²) in [6.45, 7) is 4.65. The van der Waals surface area contributed by atoms with Crippen molar-refractivity contribution in [3.63, 3.8) is 0 Å². The highest BCUT2D eigenvalue weighted by atomic mass is 32.1. The van der Waals surface area contributed by atoms with Crippen LogP contribution in [0.4, 0.5) is 0 Å². The molecule has 0 aliphatic rings. The van der Waals surface area contributed by atoms with Gasteiger partial charge in [-0.05, 0) is 20.9 Å². The van der Waals surface area contributed by atoms with E-state index in [1.165, 1.54) is 0 Å². The number of hydrogen-bond acceptors (Lipinski definition) is 4. The predicted octanol–water partition coefficient (Wildman–Crippen LogP) is 1.21. The van der Waals surface area contributed by atoms with Crippen LogP contribution in [0.5, 0.6) is 0 Å². The Morgan fingerprint density at radius 2 is 2.43 bits per heavy atom. The van der Waals surface area contributed by atoms with Gasteiger partial charge in [0, 0.05) is 11.9 Å². The van der Waals surface area contributed by atoms with E-state index in [9.17, 15) is 0 Å². The van der Waals surface area contributed by atoms with Crippen molar-refractivity contribution in [2.45, 2.75) is 26.4 Å². The number of aryl methyl sites for hydroxylation is 1. The Morgan fingerprint density at radius 3 is 2.86 bits per heavy atom. The summed E-state index contributed by atoms with van der Waals surface area (Å²) in [5, 5.41) is 10.4. The van der Waals surface area contributed by atoms with Crippen LogP contribution in [-0.2, 0) is 6.54 Å². The Labute approximate surface area is 88.3 Å². The summed E-state index contributed by atoms with van der Waals surface area (Å²) in [4.78, 5) is 6.37. The van der Waals surface area contributed by atoms with E-state index < -0.39 is 0 Å². The topological polar surface area (TPSA) is 66.0 Å². The van der Waals surface area contributed by atoms with E-state index in [1.54, 1.807) is 11.3 Å². The maximum Gasteiger partial charge on any atom is 0.108 e. The molecule has 0 fully saturated rings. The molecule has 4 nitrogen and oxygen atoms in total. The Balaban J connectivity index is 2.56. The van der Waals surface area contributed by atoms with Gasteiger partial charge in [-0.1, -0.05) is 0 Å². The highest BCUT2D eigenvalue weighted by Crippen LogP contribution is 2.10. The Morgan fingerprint density at radius 1 is 1.79 bits per heavy atom. The summed E-state index contributed by atoms with van der Waals surface area (Å²) >= 11 is 1.64. The first-order valence-electron chi connectivity index (χ1n) is 4.46. The zero-order chi connectivity index (χ0) is 10.7. The fourth-order valence-electron chi connectivity index (χ4n) is 1.11. The van der Waals surface area contributed by atoms with E-state index in [4.69, 9.17) is 11.1 Å². The number of nitrogens with zero attached hydrogens (tertiary/aromatic N) is 2. The van der Waals surface area contributed by atoms with Crippen LogP contribution in [0.25, 0.3) is 0 Å². The van der Waals surface area contributed by atoms with E-state index >= 15 is 0 Å². The molecule has 0 saturated heterocycles. The van der Waals surface area contributed by atoms with Crippen molar-refractivity contribution in [2.75, 3.05) is 7.05 Å². The molecular weight excluding hydrogens is 196 g/mol. The monoisotopic (exact) mass is 212 g/mol. The van der Waals surface area contributed by atoms with Crippen LogP contribution in [0, 0.1) is 12.3 Å². The molecule has 1 unspecified atom stereocenters. The second kappa shape index (κ2) is 4.52. The Kier molecular flexibility index (Phi) is 3.60. The number of thiazole rings is 1. The van der Waals surface area contributed by atoms with Crippen molar-refractivity contribution in [3.05, 3.63) is 16.1 Å². The molecule has 1 atom stereocenters. The molecular formula is C9H16N4S. The minimum atomic E-state index is -0.0305. The van der Waals surface area contributed by atoms with Gasteiger partial charge < -0.3 is 5.73 Å². The zero-order valence-electron chi connectivity index (χ0n) is 8.74. The Bertz CT molecular complexity index is 320. The molecule has 1 aromatic rings. The number of nitrogens with one attached hydrogen (secondary N) is 1. The molecule has 0 radical (unpaired) electrons. The third kappa shape index (κ3) is 2.78. The first-order chi connectivity index (χ1) is 6.50. The first kappa shape index (κ1) is 11.1. The zero-order valence-corrected chi connectivity index (χ0v) is 9.56. The molecule has 3 N–H and O–H groups in total. The third-order valence-electron chi connectivity index (χ3n) is 2.19. The molecule has 0 aliphatic carbocycles. The number of hydrogen-bond donors (Lipinski definition) is 2. The van der Waals surface area contributed by atoms with Crippen molar-refractivity contribution in [3.8, 4) is 0 Å². The summed E-state index contributed by atoms with van der Waals surface area (Å²) in [5.74, 6) is 0.194. The van der Waals surface area contributed by atoms with E-state index in [2.05, 4.69) is 4.98 Å². The van der Waals surface area contributed by atoms with Crippen molar-refractivity contribution < 1.29 is 0 Å². The second-order valence-corrected chi connectivity index (χ2v) is 4.47. The van der Waals surface area contributed by atoms with Crippen LogP contribution in [0.2, 0.25) is 0 Å². The number of rotatable bonds is 4. The molecule has 14 heavy (non-hydrogen) atoms. The lowest BCUT2D eigenvalue weighted by Crippen LogP contribution is -2.39. The maximum absolute atomic E-state index is 7.32. The van der Waals surface area contributed by atoms with Gasteiger partial charge in [0.2, 0.25) is 0 Å². The Hall–Kier alpha value is -0.940. The average Bonchev–Trinajstić information content (AvgIpc) is 2.49. The molecule has 0 aliphatic heterocycles. The minimum absolute atomic E-state index is 0.0305. The summed E-state index contributed by atoms with van der Waals surface area (Å²) in [6, 6.07) is -0.0305. The first-order valence-corrected chi connectivity index (χ1v) is 5.34. The summed E-state index contributed by atoms with van der Waals surface area (Å²) in [7, 11) is 1.95. The lowest BCUT2D eigenvalue weighted by molar-refractivity contribution is 0.298. The largest absolute Gasteiger partial charge is 0.386 e. The normalized spacial score (nSPS) is 13.1. The molecule has 1 aromatic heterocycles. The number of nitrogens with two attached hydrogens (primary N) is 1. The highest BCUT2D eigenvalue weighted by Gasteiger charge is 2.12. The summed E-state index contributed by atoms with van der Waals surface area (Å²) < 4.78 is 0. The highest BCUT2D eigenvalue weighted by molar-refractivity contribution is 7.09. The van der Waals surface area contributed by atoms with Crippen LogP contribution in [0.1, 0.15) is 17.6 Å². The van der Waals surface area contributed by atoms with Crippen LogP contribution in [-0.4, -0.2) is 28.8 Å². The fourth-order valence-corrected chi connectivity index (χ4v) is 1.71. The molecule has 5 heteroatoms. The smallest absolute Gasteiger partial charge is 0.108 e. The van der Waals surface area contributed by atoms with Gasteiger partial charge in [0.25, 0.3) is 0 Å². The van der Waals surface area contributed by atoms with Crippen molar-refractivity contribution in [2.24, 2.45) is 5.73 Å². The molecule has 0 amide bonds. The standard InChI is InChI=1S/C9H16N4S/c1-6(9(10)11)13(3)4-8-5-14-7(2)12-8/h5-6H,4H2,1-3H3,(H3,10,11). The van der Waals surface area contributed by atoms with Crippen molar-refractivity contribution in [1.82, 2.24) is 9.88 Å². The van der Waals surface area contributed by atoms with Gasteiger partial charge in [0.05, 0.1) is 16.7 Å². The predicted molar refractivity (Wildman–Crippen MR) is 59.7 cm³/mol. The van der Waals surface area contributed by atoms with Crippen molar-refractivity contribution in [1.29, 1.82) is 5.41 Å². The van der Waals surface area contributed by atoms with E-state index in [1.807, 2.05) is 31.2 Å². The lowest BCUT2D eigenvalue weighted by atomic mass is 10.2. The van der Waals surface area contributed by atoms with Gasteiger partial charge in [-0.15, -0.1) is 11.3 Å². The van der Waals surface area contributed by atoms with E-state index in [-0.39, 0.29) is 11.9 Å². The minimum Gasteiger partial charge on any atom is -0.386 e. The van der Waals surface area contributed by atoms with Gasteiger partial charge in [0.15, 0.2) is 0 Å². The van der Waals surface area contributed by atoms with Gasteiger partial charge in [-0.25, -0.2) is 4.98 Å². The lowest BCUT2D eigenvalue weighted by Gasteiger charge is -2.22. The number of amidine groups is 1. The van der Waals surface area contributed by atoms with Gasteiger partial charge in [0.1, 0.15) is 5.84 Å². The second-order valence-electron chi connectivity index (χ2n) is 3.40. The van der Waals surface area contributed by atoms with Gasteiger partial charge >= 0.3 is 0 Å². The molecule has 0 aromatic carbocycles. The van der Waals surface area contributed by atoms with Crippen LogP contribution in [0.15, 0.2) is 5.38 Å². The van der Waals surface area contributed by atoms with Crippen molar-refractivity contribution >= 4 is 17.2 Å². The molecule has 0 saturated carbocycles. The molecule has 1 rings (SSSR count). The summed E-state index contributed by atoms with van der Waals surface area (Å²) in [6.07, 6.45) is 0. The molecule has 78 valence electrons. The van der Waals surface area contributed by atoms with Gasteiger partial charge in [-0.3, -0.25) is 10.3 Å². The summed E-state index contributed by atoms with van der Waals surface area (Å²) in [5.41, 5.74) is 6.46. The van der Waals surface area contributed by atoms with Crippen LogP contribution >= 0.6 is 11.3 Å². The molecule has 0 bridgehead atoms. The quantitative estimate of drug-likeness (QED) is 0.582. The van der Waals surface area contributed by atoms with Crippen LogP contribution in [0.3, 0.4) is 0 Å². The third-order valence-corrected chi connectivity index (χ3v) is 3.01. The average molecular weight is 212 g/mol. The fraction of sp³-hybridized carbons (Fsp3) is 0.556. The molecule has 0 spiro atoms. The van der Waals surface area contributed by atoms with Crippen LogP contribution < -0.4 is 5.73 Å². The molecule has 1 heterocycles. The van der Waals surface area contributed by atoms with Gasteiger partial charge in [-0.2, -0.15) is 0 Å². The number of likely N-dealkylation sites (N-methyl/N-ethyl adjacent to an activating group) is 1. The SMILES string of the molecule is Cc1nc(CN(C)C(C)C(=N)N)cs1.